The third-order valence-electron chi connectivity index (χ3n) is 4.25. The van der Waals surface area contributed by atoms with Crippen molar-refractivity contribution in [3.8, 4) is 0 Å². The van der Waals surface area contributed by atoms with Crippen LogP contribution in [0, 0.1) is 11.3 Å². The van der Waals surface area contributed by atoms with Gasteiger partial charge >= 0.3 is 0 Å². The molecule has 0 aromatic rings. The summed E-state index contributed by atoms with van der Waals surface area (Å²) < 4.78 is 0. The Kier molecular flexibility index (Phi) is 7.23. The molecule has 16 heavy (non-hydrogen) atoms. The lowest BCUT2D eigenvalue weighted by Crippen LogP contribution is -2.30. The molecule has 0 spiro atoms. The number of rotatable bonds is 7. The van der Waals surface area contributed by atoms with Crippen LogP contribution < -0.4 is 0 Å². The molecular formula is C14H27ClS. The summed E-state index contributed by atoms with van der Waals surface area (Å²) in [6.07, 6.45) is 13.4. The van der Waals surface area contributed by atoms with Crippen LogP contribution in [0.1, 0.15) is 58.3 Å². The molecule has 0 saturated heterocycles. The standard InChI is InChI=1S/C14H27ClS/c1-3-4-5-13-6-8-14(12-15,9-7-13)10-11-16-2/h13H,3-12H2,1-2H3. The first-order valence-electron chi connectivity index (χ1n) is 6.81. The molecule has 0 aromatic carbocycles. The first-order chi connectivity index (χ1) is 7.76. The molecule has 0 radical (unpaired) electrons. The van der Waals surface area contributed by atoms with Crippen molar-refractivity contribution in [2.45, 2.75) is 58.3 Å². The zero-order valence-corrected chi connectivity index (χ0v) is 12.5. The molecule has 0 N–H and O–H groups in total. The fourth-order valence-electron chi connectivity index (χ4n) is 2.84. The third-order valence-corrected chi connectivity index (χ3v) is 5.43. The largest absolute Gasteiger partial charge is 0.165 e. The highest BCUT2D eigenvalue weighted by atomic mass is 35.5. The molecule has 0 heterocycles. The summed E-state index contributed by atoms with van der Waals surface area (Å²) in [6.45, 7) is 2.30. The maximum Gasteiger partial charge on any atom is 0.0280 e. The van der Waals surface area contributed by atoms with E-state index in [1.807, 2.05) is 11.8 Å². The van der Waals surface area contributed by atoms with E-state index in [9.17, 15) is 0 Å². The molecule has 1 aliphatic rings. The van der Waals surface area contributed by atoms with Crippen LogP contribution in [0.3, 0.4) is 0 Å². The third kappa shape index (κ3) is 4.49. The predicted octanol–water partition coefficient (Wildman–Crippen LogP) is 5.35. The number of alkyl halides is 1. The molecule has 0 bridgehead atoms. The van der Waals surface area contributed by atoms with Gasteiger partial charge in [0.15, 0.2) is 0 Å². The molecule has 1 aliphatic carbocycles. The first kappa shape index (κ1) is 14.7. The quantitative estimate of drug-likeness (QED) is 0.558. The normalized spacial score (nSPS) is 30.6. The van der Waals surface area contributed by atoms with E-state index in [-0.39, 0.29) is 0 Å². The van der Waals surface area contributed by atoms with Gasteiger partial charge < -0.3 is 0 Å². The van der Waals surface area contributed by atoms with E-state index in [0.29, 0.717) is 5.41 Å². The van der Waals surface area contributed by atoms with Crippen LogP contribution in [-0.4, -0.2) is 17.9 Å². The Bertz CT molecular complexity index is 174. The maximum atomic E-state index is 6.22. The van der Waals surface area contributed by atoms with Crippen LogP contribution in [-0.2, 0) is 0 Å². The molecule has 1 rings (SSSR count). The maximum absolute atomic E-state index is 6.22. The molecule has 96 valence electrons. The summed E-state index contributed by atoms with van der Waals surface area (Å²) in [4.78, 5) is 0. The molecule has 0 aromatic heterocycles. The van der Waals surface area contributed by atoms with Crippen molar-refractivity contribution >= 4 is 23.4 Å². The highest BCUT2D eigenvalue weighted by Gasteiger charge is 2.33. The highest BCUT2D eigenvalue weighted by Crippen LogP contribution is 2.44. The fourth-order valence-corrected chi connectivity index (χ4v) is 3.88. The number of thioether (sulfide) groups is 1. The minimum atomic E-state index is 0.493. The van der Waals surface area contributed by atoms with Crippen molar-refractivity contribution in [1.82, 2.24) is 0 Å². The molecule has 0 nitrogen and oxygen atoms in total. The monoisotopic (exact) mass is 262 g/mol. The summed E-state index contributed by atoms with van der Waals surface area (Å²) in [6, 6.07) is 0. The van der Waals surface area contributed by atoms with Gasteiger partial charge in [-0.3, -0.25) is 0 Å². The Labute approximate surface area is 111 Å². The van der Waals surface area contributed by atoms with Gasteiger partial charge in [0, 0.05) is 5.88 Å². The van der Waals surface area contributed by atoms with Crippen LogP contribution in [0.15, 0.2) is 0 Å². The lowest BCUT2D eigenvalue weighted by atomic mass is 9.69. The van der Waals surface area contributed by atoms with E-state index in [0.717, 1.165) is 11.8 Å². The van der Waals surface area contributed by atoms with Gasteiger partial charge in [0.05, 0.1) is 0 Å². The van der Waals surface area contributed by atoms with Gasteiger partial charge in [0.25, 0.3) is 0 Å². The van der Waals surface area contributed by atoms with Crippen LogP contribution in [0.25, 0.3) is 0 Å². The minimum absolute atomic E-state index is 0.493. The zero-order valence-electron chi connectivity index (χ0n) is 10.9. The molecule has 0 atom stereocenters. The Morgan fingerprint density at radius 1 is 1.31 bits per heavy atom. The summed E-state index contributed by atoms with van der Waals surface area (Å²) >= 11 is 8.18. The van der Waals surface area contributed by atoms with Crippen molar-refractivity contribution in [1.29, 1.82) is 0 Å². The van der Waals surface area contributed by atoms with E-state index in [4.69, 9.17) is 11.6 Å². The summed E-state index contributed by atoms with van der Waals surface area (Å²) in [5.41, 5.74) is 0.493. The molecule has 0 aliphatic heterocycles. The Morgan fingerprint density at radius 3 is 2.50 bits per heavy atom. The average Bonchev–Trinajstić information content (AvgIpc) is 2.35. The van der Waals surface area contributed by atoms with Gasteiger partial charge in [0.2, 0.25) is 0 Å². The van der Waals surface area contributed by atoms with E-state index in [1.165, 1.54) is 57.1 Å². The second-order valence-electron chi connectivity index (χ2n) is 5.46. The second kappa shape index (κ2) is 7.87. The second-order valence-corrected chi connectivity index (χ2v) is 6.71. The topological polar surface area (TPSA) is 0 Å². The molecule has 1 saturated carbocycles. The van der Waals surface area contributed by atoms with Gasteiger partial charge in [-0.05, 0) is 55.4 Å². The molecule has 2 heteroatoms. The predicted molar refractivity (Wildman–Crippen MR) is 77.6 cm³/mol. The Morgan fingerprint density at radius 2 is 2.00 bits per heavy atom. The Hall–Kier alpha value is 0.640. The first-order valence-corrected chi connectivity index (χ1v) is 8.74. The lowest BCUT2D eigenvalue weighted by molar-refractivity contribution is 0.162. The van der Waals surface area contributed by atoms with Crippen molar-refractivity contribution < 1.29 is 0 Å². The van der Waals surface area contributed by atoms with E-state index in [1.54, 1.807) is 0 Å². The van der Waals surface area contributed by atoms with Gasteiger partial charge in [-0.15, -0.1) is 11.6 Å². The molecule has 1 fully saturated rings. The van der Waals surface area contributed by atoms with E-state index in [2.05, 4.69) is 13.2 Å². The lowest BCUT2D eigenvalue weighted by Gasteiger charge is -2.39. The average molecular weight is 263 g/mol. The number of halogens is 1. The van der Waals surface area contributed by atoms with Crippen molar-refractivity contribution in [3.05, 3.63) is 0 Å². The highest BCUT2D eigenvalue weighted by molar-refractivity contribution is 7.98. The van der Waals surface area contributed by atoms with Crippen molar-refractivity contribution in [3.63, 3.8) is 0 Å². The zero-order chi connectivity index (χ0) is 11.9. The molecular weight excluding hydrogens is 236 g/mol. The van der Waals surface area contributed by atoms with Crippen LogP contribution >= 0.6 is 23.4 Å². The SMILES string of the molecule is CCCCC1CCC(CCl)(CCSC)CC1. The molecule has 0 unspecified atom stereocenters. The summed E-state index contributed by atoms with van der Waals surface area (Å²) in [5.74, 6) is 3.17. The number of unbranched alkanes of at least 4 members (excludes halogenated alkanes) is 1. The Balaban J connectivity index is 2.31. The van der Waals surface area contributed by atoms with Gasteiger partial charge in [-0.25, -0.2) is 0 Å². The van der Waals surface area contributed by atoms with E-state index < -0.39 is 0 Å². The van der Waals surface area contributed by atoms with Crippen LogP contribution in [0.4, 0.5) is 0 Å². The van der Waals surface area contributed by atoms with Crippen LogP contribution in [0.5, 0.6) is 0 Å². The number of hydrogen-bond donors (Lipinski definition) is 0. The summed E-state index contributed by atoms with van der Waals surface area (Å²) in [5, 5.41) is 0. The minimum Gasteiger partial charge on any atom is -0.165 e. The summed E-state index contributed by atoms with van der Waals surface area (Å²) in [7, 11) is 0. The molecule has 0 amide bonds. The van der Waals surface area contributed by atoms with Gasteiger partial charge in [0.1, 0.15) is 0 Å². The van der Waals surface area contributed by atoms with Crippen molar-refractivity contribution in [2.24, 2.45) is 11.3 Å². The smallest absolute Gasteiger partial charge is 0.0280 e. The van der Waals surface area contributed by atoms with Crippen molar-refractivity contribution in [2.75, 3.05) is 17.9 Å². The van der Waals surface area contributed by atoms with E-state index >= 15 is 0 Å². The number of hydrogen-bond acceptors (Lipinski definition) is 1. The van der Waals surface area contributed by atoms with Gasteiger partial charge in [-0.2, -0.15) is 11.8 Å². The van der Waals surface area contributed by atoms with Gasteiger partial charge in [-0.1, -0.05) is 26.2 Å². The fraction of sp³-hybridized carbons (Fsp3) is 1.00. The van der Waals surface area contributed by atoms with Crippen LogP contribution in [0.2, 0.25) is 0 Å².